The van der Waals surface area contributed by atoms with E-state index in [1.165, 1.54) is 12.3 Å². The van der Waals surface area contributed by atoms with E-state index in [1.54, 1.807) is 42.5 Å². The SMILES string of the molecule is N#Cc1ccccc1-c1nnn(CC(=O)NN=Cc2ccccc2O)n1. The summed E-state index contributed by atoms with van der Waals surface area (Å²) < 4.78 is 0. The van der Waals surface area contributed by atoms with Crippen LogP contribution in [-0.2, 0) is 11.3 Å². The highest BCUT2D eigenvalue weighted by atomic mass is 16.3. The Balaban J connectivity index is 1.63. The molecule has 0 fully saturated rings. The molecule has 3 rings (SSSR count). The number of hydrogen-bond donors (Lipinski definition) is 2. The second kappa shape index (κ2) is 7.67. The molecular formula is C17H13N7O2. The number of hydrogen-bond acceptors (Lipinski definition) is 7. The third-order valence-corrected chi connectivity index (χ3v) is 3.36. The minimum Gasteiger partial charge on any atom is -0.507 e. The van der Waals surface area contributed by atoms with E-state index in [-0.39, 0.29) is 18.1 Å². The number of amides is 1. The van der Waals surface area contributed by atoms with E-state index in [2.05, 4.69) is 32.0 Å². The van der Waals surface area contributed by atoms with Gasteiger partial charge in [-0.1, -0.05) is 24.3 Å². The van der Waals surface area contributed by atoms with Crippen molar-refractivity contribution in [2.24, 2.45) is 5.10 Å². The zero-order valence-corrected chi connectivity index (χ0v) is 13.4. The van der Waals surface area contributed by atoms with Crippen molar-refractivity contribution < 1.29 is 9.90 Å². The van der Waals surface area contributed by atoms with Gasteiger partial charge in [0.15, 0.2) is 0 Å². The third-order valence-electron chi connectivity index (χ3n) is 3.36. The summed E-state index contributed by atoms with van der Waals surface area (Å²) in [7, 11) is 0. The summed E-state index contributed by atoms with van der Waals surface area (Å²) >= 11 is 0. The Hall–Kier alpha value is -4.06. The van der Waals surface area contributed by atoms with Crippen LogP contribution in [0.2, 0.25) is 0 Å². The second-order valence-corrected chi connectivity index (χ2v) is 5.15. The number of benzene rings is 2. The molecule has 1 aromatic heterocycles. The Morgan fingerprint density at radius 2 is 2.04 bits per heavy atom. The molecule has 26 heavy (non-hydrogen) atoms. The molecule has 2 aromatic carbocycles. The lowest BCUT2D eigenvalue weighted by Gasteiger charge is -1.99. The average molecular weight is 347 g/mol. The van der Waals surface area contributed by atoms with Gasteiger partial charge in [-0.05, 0) is 29.5 Å². The van der Waals surface area contributed by atoms with Crippen molar-refractivity contribution in [1.82, 2.24) is 25.6 Å². The van der Waals surface area contributed by atoms with Gasteiger partial charge in [0.25, 0.3) is 5.91 Å². The number of rotatable bonds is 5. The number of carbonyl (C=O) groups is 1. The van der Waals surface area contributed by atoms with Gasteiger partial charge in [-0.3, -0.25) is 4.79 Å². The van der Waals surface area contributed by atoms with Crippen molar-refractivity contribution in [1.29, 1.82) is 5.26 Å². The largest absolute Gasteiger partial charge is 0.507 e. The molecule has 9 nitrogen and oxygen atoms in total. The topological polar surface area (TPSA) is 129 Å². The molecule has 0 atom stereocenters. The Labute approximate surface area is 148 Å². The van der Waals surface area contributed by atoms with Gasteiger partial charge in [-0.15, -0.1) is 10.2 Å². The summed E-state index contributed by atoms with van der Waals surface area (Å²) in [5.74, 6) is -0.147. The fourth-order valence-corrected chi connectivity index (χ4v) is 2.13. The van der Waals surface area contributed by atoms with E-state index in [0.29, 0.717) is 16.7 Å². The van der Waals surface area contributed by atoms with Crippen LogP contribution >= 0.6 is 0 Å². The van der Waals surface area contributed by atoms with Crippen LogP contribution in [0.25, 0.3) is 11.4 Å². The molecule has 128 valence electrons. The minimum atomic E-state index is -0.464. The lowest BCUT2D eigenvalue weighted by atomic mass is 10.1. The summed E-state index contributed by atoms with van der Waals surface area (Å²) in [4.78, 5) is 13.0. The number of nitriles is 1. The standard InChI is InChI=1S/C17H13N7O2/c18-9-12-5-1-3-7-14(12)17-21-23-24(22-17)11-16(26)20-19-10-13-6-2-4-8-15(13)25/h1-8,10,25H,11H2,(H,20,26). The quantitative estimate of drug-likeness (QED) is 0.524. The van der Waals surface area contributed by atoms with Crippen LogP contribution in [0.4, 0.5) is 0 Å². The first-order valence-electron chi connectivity index (χ1n) is 7.54. The van der Waals surface area contributed by atoms with Crippen molar-refractivity contribution in [3.05, 3.63) is 59.7 Å². The maximum absolute atomic E-state index is 11.9. The van der Waals surface area contributed by atoms with Gasteiger partial charge in [0.2, 0.25) is 5.82 Å². The average Bonchev–Trinajstić information content (AvgIpc) is 3.11. The number of nitrogens with zero attached hydrogens (tertiary/aromatic N) is 6. The highest BCUT2D eigenvalue weighted by Gasteiger charge is 2.12. The van der Waals surface area contributed by atoms with Crippen LogP contribution < -0.4 is 5.43 Å². The van der Waals surface area contributed by atoms with Crippen LogP contribution in [0, 0.1) is 11.3 Å². The molecular weight excluding hydrogens is 334 g/mol. The Bertz CT molecular complexity index is 1000. The zero-order chi connectivity index (χ0) is 18.4. The highest BCUT2D eigenvalue weighted by Crippen LogP contribution is 2.18. The molecule has 0 unspecified atom stereocenters. The molecule has 0 bridgehead atoms. The monoisotopic (exact) mass is 347 g/mol. The number of hydrazone groups is 1. The van der Waals surface area contributed by atoms with Gasteiger partial charge < -0.3 is 5.11 Å². The molecule has 3 aromatic rings. The summed E-state index contributed by atoms with van der Waals surface area (Å²) in [6, 6.07) is 15.5. The number of aromatic hydroxyl groups is 1. The third kappa shape index (κ3) is 3.88. The van der Waals surface area contributed by atoms with E-state index in [1.807, 2.05) is 0 Å². The van der Waals surface area contributed by atoms with E-state index >= 15 is 0 Å². The van der Waals surface area contributed by atoms with E-state index in [0.717, 1.165) is 4.80 Å². The van der Waals surface area contributed by atoms with Gasteiger partial charge in [0, 0.05) is 11.1 Å². The summed E-state index contributed by atoms with van der Waals surface area (Å²) in [6.07, 6.45) is 1.33. The van der Waals surface area contributed by atoms with E-state index < -0.39 is 5.91 Å². The summed E-state index contributed by atoms with van der Waals surface area (Å²) in [5.41, 5.74) is 3.75. The molecule has 0 saturated heterocycles. The van der Waals surface area contributed by atoms with Crippen molar-refractivity contribution in [3.8, 4) is 23.2 Å². The van der Waals surface area contributed by atoms with E-state index in [4.69, 9.17) is 5.26 Å². The molecule has 9 heteroatoms. The summed E-state index contributed by atoms with van der Waals surface area (Å²) in [5, 5.41) is 34.3. The van der Waals surface area contributed by atoms with E-state index in [9.17, 15) is 9.90 Å². The smallest absolute Gasteiger partial charge is 0.263 e. The molecule has 2 N–H and O–H groups in total. The number of aromatic nitrogens is 4. The Kier molecular flexibility index (Phi) is 4.95. The van der Waals surface area contributed by atoms with Crippen LogP contribution in [0.1, 0.15) is 11.1 Å². The van der Waals surface area contributed by atoms with Gasteiger partial charge in [-0.25, -0.2) is 5.43 Å². The summed E-state index contributed by atoms with van der Waals surface area (Å²) in [6.45, 7) is -0.195. The van der Waals surface area contributed by atoms with Crippen LogP contribution in [0.15, 0.2) is 53.6 Å². The van der Waals surface area contributed by atoms with Gasteiger partial charge in [0.1, 0.15) is 12.3 Å². The van der Waals surface area contributed by atoms with Crippen molar-refractivity contribution >= 4 is 12.1 Å². The first kappa shape index (κ1) is 16.8. The first-order chi connectivity index (χ1) is 12.7. The fourth-order valence-electron chi connectivity index (χ4n) is 2.13. The number of nitrogens with one attached hydrogen (secondary N) is 1. The molecule has 1 heterocycles. The normalized spacial score (nSPS) is 10.6. The van der Waals surface area contributed by atoms with Crippen LogP contribution in [-0.4, -0.2) is 37.4 Å². The molecule has 0 spiro atoms. The molecule has 0 radical (unpaired) electrons. The molecule has 0 aliphatic rings. The molecule has 1 amide bonds. The maximum atomic E-state index is 11.9. The second-order valence-electron chi connectivity index (χ2n) is 5.15. The fraction of sp³-hybridized carbons (Fsp3) is 0.0588. The van der Waals surface area contributed by atoms with Crippen molar-refractivity contribution in [2.75, 3.05) is 0 Å². The number of phenolic OH excluding ortho intramolecular Hbond substituents is 1. The molecule has 0 saturated carbocycles. The van der Waals surface area contributed by atoms with Crippen LogP contribution in [0.3, 0.4) is 0 Å². The van der Waals surface area contributed by atoms with Gasteiger partial charge in [0.05, 0.1) is 17.8 Å². The zero-order valence-electron chi connectivity index (χ0n) is 13.4. The number of phenols is 1. The lowest BCUT2D eigenvalue weighted by Crippen LogP contribution is -2.24. The predicted molar refractivity (Wildman–Crippen MR) is 91.8 cm³/mol. The number of carbonyl (C=O) groups excluding carboxylic acids is 1. The molecule has 0 aliphatic heterocycles. The van der Waals surface area contributed by atoms with Crippen LogP contribution in [0.5, 0.6) is 5.75 Å². The van der Waals surface area contributed by atoms with Crippen molar-refractivity contribution in [3.63, 3.8) is 0 Å². The lowest BCUT2D eigenvalue weighted by molar-refractivity contribution is -0.122. The number of tetrazole rings is 1. The highest BCUT2D eigenvalue weighted by molar-refractivity contribution is 5.84. The first-order valence-corrected chi connectivity index (χ1v) is 7.54. The minimum absolute atomic E-state index is 0.0595. The molecule has 0 aliphatic carbocycles. The maximum Gasteiger partial charge on any atom is 0.263 e. The van der Waals surface area contributed by atoms with Gasteiger partial charge in [-0.2, -0.15) is 15.2 Å². The number of para-hydroxylation sites is 1. The Morgan fingerprint density at radius 1 is 1.27 bits per heavy atom. The van der Waals surface area contributed by atoms with Gasteiger partial charge >= 0.3 is 0 Å². The predicted octanol–water partition coefficient (Wildman–Crippen LogP) is 1.07. The van der Waals surface area contributed by atoms with Crippen molar-refractivity contribution in [2.45, 2.75) is 6.54 Å². The Morgan fingerprint density at radius 3 is 2.85 bits per heavy atom.